The Morgan fingerprint density at radius 2 is 1.25 bits per heavy atom. The molecule has 8 amide bonds. The number of unbranched alkanes of at least 4 members (excludes halogenated alkanes) is 1. The molecule has 0 bridgehead atoms. The molecule has 1 fully saturated rings. The van der Waals surface area contributed by atoms with Gasteiger partial charge in [-0.05, 0) is 101 Å². The standard InChI is InChI=1S/C56H87N17O11S/c1-33(2)30-42(71-85(83,84)45-25-12-18-36-37(45)19-11-23-43(36)72(4)5)54(82)73-29-15-24-44(73)52(80)69-39(20-9-10-26-57)50(78)70-47(34(3)74)53(81)65-32-46(75)66-41(31-35-16-7-6-8-17-35)51(79)68-40(22-14-28-64-56(61)62)49(77)67-38(48(58)76)21-13-27-63-55(59)60/h6-8,11-12,16-19,23,25,33-34,38-42,44,47,71,74H,9-10,13-15,20-22,24,26-32,57H2,1-5H3,(H2,58,76)(H,65,81)(H,66,75)(H,67,77)(H,68,79)(H,69,80)(H,70,78)(H4,59,60,63)(H4,61,62,64)/t34-,38+,39+,40+,41+,42+,44+,47+/m1/s1. The number of aliphatic imine (C=N–C) groups is 2. The number of carbonyl (C=O) groups excluding carboxylic acids is 8. The number of nitrogens with one attached hydrogen (secondary N) is 7. The maximum absolute atomic E-state index is 14.5. The summed E-state index contributed by atoms with van der Waals surface area (Å²) < 4.78 is 31.1. The van der Waals surface area contributed by atoms with Crippen molar-refractivity contribution in [2.45, 2.75) is 145 Å². The van der Waals surface area contributed by atoms with Crippen molar-refractivity contribution in [3.63, 3.8) is 0 Å². The van der Waals surface area contributed by atoms with Crippen molar-refractivity contribution >= 4 is 85.7 Å². The van der Waals surface area contributed by atoms with Crippen molar-refractivity contribution in [2.75, 3.05) is 51.7 Å². The minimum Gasteiger partial charge on any atom is -0.391 e. The van der Waals surface area contributed by atoms with Crippen LogP contribution in [0.2, 0.25) is 0 Å². The molecule has 1 aliphatic rings. The van der Waals surface area contributed by atoms with Crippen LogP contribution in [0, 0.1) is 5.92 Å². The van der Waals surface area contributed by atoms with Gasteiger partial charge in [-0.2, -0.15) is 4.72 Å². The molecule has 28 nitrogen and oxygen atoms in total. The van der Waals surface area contributed by atoms with Crippen molar-refractivity contribution in [1.82, 2.24) is 41.5 Å². The number of carbonyl (C=O) groups is 8. The number of amides is 8. The number of hydrogen-bond acceptors (Lipinski definition) is 15. The molecule has 0 spiro atoms. The van der Waals surface area contributed by atoms with Gasteiger partial charge in [0.05, 0.1) is 17.5 Å². The number of sulfonamides is 1. The van der Waals surface area contributed by atoms with Gasteiger partial charge in [-0.15, -0.1) is 0 Å². The lowest BCUT2D eigenvalue weighted by atomic mass is 10.0. The first-order valence-corrected chi connectivity index (χ1v) is 29.8. The third kappa shape index (κ3) is 22.1. The van der Waals surface area contributed by atoms with Crippen LogP contribution in [-0.4, -0.2) is 173 Å². The zero-order valence-electron chi connectivity index (χ0n) is 49.1. The van der Waals surface area contributed by atoms with E-state index in [-0.39, 0.29) is 100 Å². The number of guanidine groups is 2. The monoisotopic (exact) mass is 1210 g/mol. The van der Waals surface area contributed by atoms with Crippen LogP contribution in [0.3, 0.4) is 0 Å². The third-order valence-corrected chi connectivity index (χ3v) is 15.5. The minimum absolute atomic E-state index is 0.0199. The zero-order valence-corrected chi connectivity index (χ0v) is 49.9. The molecule has 4 rings (SSSR count). The molecule has 85 heavy (non-hydrogen) atoms. The van der Waals surface area contributed by atoms with E-state index in [2.05, 4.69) is 46.6 Å². The van der Waals surface area contributed by atoms with Gasteiger partial charge in [-0.3, -0.25) is 48.3 Å². The fourth-order valence-electron chi connectivity index (χ4n) is 9.69. The van der Waals surface area contributed by atoms with Gasteiger partial charge in [0.15, 0.2) is 11.9 Å². The summed E-state index contributed by atoms with van der Waals surface area (Å²) in [5, 5.41) is 27.4. The lowest BCUT2D eigenvalue weighted by molar-refractivity contribution is -0.141. The van der Waals surface area contributed by atoms with Gasteiger partial charge in [-0.25, -0.2) is 8.42 Å². The van der Waals surface area contributed by atoms with E-state index < -0.39 is 112 Å². The average Bonchev–Trinajstić information content (AvgIpc) is 2.18. The van der Waals surface area contributed by atoms with E-state index in [1.54, 1.807) is 48.5 Å². The number of hydrogen-bond donors (Lipinski definition) is 14. The molecule has 468 valence electrons. The van der Waals surface area contributed by atoms with E-state index in [1.807, 2.05) is 45.0 Å². The Labute approximate surface area is 496 Å². The molecule has 8 atom stereocenters. The summed E-state index contributed by atoms with van der Waals surface area (Å²) in [6, 6.07) is 9.58. The Bertz CT molecular complexity index is 2940. The quantitative estimate of drug-likeness (QED) is 0.0164. The normalized spacial score (nSPS) is 15.6. The predicted octanol–water partition coefficient (Wildman–Crippen LogP) is -2.53. The van der Waals surface area contributed by atoms with Crippen LogP contribution in [0.4, 0.5) is 5.69 Å². The second kappa shape index (κ2) is 34.0. The summed E-state index contributed by atoms with van der Waals surface area (Å²) >= 11 is 0. The number of fused-ring (bicyclic) bond motifs is 1. The van der Waals surface area contributed by atoms with Crippen LogP contribution >= 0.6 is 0 Å². The minimum atomic E-state index is -4.32. The Hall–Kier alpha value is -8.15. The Morgan fingerprint density at radius 1 is 0.671 bits per heavy atom. The summed E-state index contributed by atoms with van der Waals surface area (Å²) in [5.41, 5.74) is 34.5. The summed E-state index contributed by atoms with van der Waals surface area (Å²) in [6.45, 7) is 4.72. The fraction of sp³-hybridized carbons (Fsp3) is 0.536. The zero-order chi connectivity index (χ0) is 63.0. The number of aliphatic hydroxyl groups is 1. The van der Waals surface area contributed by atoms with E-state index in [1.165, 1.54) is 17.9 Å². The Morgan fingerprint density at radius 3 is 1.85 bits per heavy atom. The Kier molecular flexibility index (Phi) is 27.7. The second-order valence-electron chi connectivity index (χ2n) is 21.5. The van der Waals surface area contributed by atoms with E-state index in [4.69, 9.17) is 34.4 Å². The number of primary amides is 1. The first-order valence-electron chi connectivity index (χ1n) is 28.4. The van der Waals surface area contributed by atoms with Gasteiger partial charge in [0.1, 0.15) is 42.3 Å². The first-order chi connectivity index (χ1) is 40.2. The predicted molar refractivity (Wildman–Crippen MR) is 323 cm³/mol. The molecule has 1 aliphatic heterocycles. The number of likely N-dealkylation sites (tertiary alicyclic amines) is 1. The fourth-order valence-corrected chi connectivity index (χ4v) is 11.1. The molecule has 0 radical (unpaired) electrons. The van der Waals surface area contributed by atoms with Crippen molar-refractivity contribution in [3.05, 3.63) is 72.3 Å². The number of nitrogens with zero attached hydrogens (tertiary/aromatic N) is 4. The number of anilines is 1. The van der Waals surface area contributed by atoms with E-state index in [0.717, 1.165) is 5.69 Å². The van der Waals surface area contributed by atoms with Crippen molar-refractivity contribution in [3.8, 4) is 0 Å². The number of nitrogens with two attached hydrogens (primary N) is 6. The molecule has 3 aromatic carbocycles. The number of benzene rings is 3. The van der Waals surface area contributed by atoms with Crippen molar-refractivity contribution in [1.29, 1.82) is 0 Å². The van der Waals surface area contributed by atoms with Crippen LogP contribution in [0.15, 0.2) is 81.6 Å². The largest absolute Gasteiger partial charge is 0.391 e. The summed E-state index contributed by atoms with van der Waals surface area (Å²) in [4.78, 5) is 122. The van der Waals surface area contributed by atoms with Crippen LogP contribution in [0.25, 0.3) is 10.8 Å². The average molecular weight is 1210 g/mol. The highest BCUT2D eigenvalue weighted by Crippen LogP contribution is 2.31. The van der Waals surface area contributed by atoms with E-state index in [9.17, 15) is 51.9 Å². The molecule has 0 aromatic heterocycles. The van der Waals surface area contributed by atoms with Crippen LogP contribution < -0.4 is 75.9 Å². The van der Waals surface area contributed by atoms with E-state index >= 15 is 0 Å². The molecule has 20 N–H and O–H groups in total. The highest BCUT2D eigenvalue weighted by molar-refractivity contribution is 7.89. The van der Waals surface area contributed by atoms with Crippen LogP contribution in [0.1, 0.15) is 90.5 Å². The van der Waals surface area contributed by atoms with Crippen LogP contribution in [0.5, 0.6) is 0 Å². The maximum Gasteiger partial charge on any atom is 0.245 e. The smallest absolute Gasteiger partial charge is 0.245 e. The lowest BCUT2D eigenvalue weighted by Crippen LogP contribution is -2.60. The summed E-state index contributed by atoms with van der Waals surface area (Å²) in [5.74, 6) is -7.10. The second-order valence-corrected chi connectivity index (χ2v) is 23.2. The Balaban J connectivity index is 1.49. The molecular formula is C56H87N17O11S. The highest BCUT2D eigenvalue weighted by Gasteiger charge is 2.41. The van der Waals surface area contributed by atoms with Gasteiger partial charge >= 0.3 is 0 Å². The van der Waals surface area contributed by atoms with Gasteiger partial charge < -0.3 is 81.2 Å². The van der Waals surface area contributed by atoms with Crippen molar-refractivity contribution < 1.29 is 51.9 Å². The van der Waals surface area contributed by atoms with Gasteiger partial charge in [0, 0.05) is 56.6 Å². The van der Waals surface area contributed by atoms with E-state index in [0.29, 0.717) is 35.6 Å². The molecule has 0 saturated carbocycles. The lowest BCUT2D eigenvalue weighted by Gasteiger charge is -2.31. The molecule has 3 aromatic rings. The molecule has 0 aliphatic carbocycles. The topological polar surface area (TPSA) is 462 Å². The molecule has 0 unspecified atom stereocenters. The maximum atomic E-state index is 14.5. The number of aliphatic hydroxyl groups excluding tert-OH is 1. The molecular weight excluding hydrogens is 1120 g/mol. The SMILES string of the molecule is CC(C)C[C@H](NS(=O)(=O)c1cccc2c(N(C)C)cccc12)C(=O)N1CCC[C@H]1C(=O)N[C@@H](CCCCN)C(=O)N[C@H](C(=O)NCC(=O)N[C@@H](Cc1ccccc1)C(=O)N[C@@H](CCCN=C(N)N)C(=O)N[C@@H](CCCN=C(N)N)C(N)=O)[C@@H](C)O. The molecule has 1 heterocycles. The van der Waals surface area contributed by atoms with Gasteiger partial charge in [0.25, 0.3) is 0 Å². The number of rotatable bonds is 35. The van der Waals surface area contributed by atoms with Gasteiger partial charge in [0.2, 0.25) is 57.3 Å². The highest BCUT2D eigenvalue weighted by atomic mass is 32.2. The summed E-state index contributed by atoms with van der Waals surface area (Å²) in [7, 11) is -0.625. The van der Waals surface area contributed by atoms with Gasteiger partial charge in [-0.1, -0.05) is 68.4 Å². The molecule has 1 saturated heterocycles. The first kappa shape index (κ1) is 69.3. The van der Waals surface area contributed by atoms with Crippen LogP contribution in [-0.2, 0) is 54.8 Å². The molecule has 29 heteroatoms. The van der Waals surface area contributed by atoms with Crippen molar-refractivity contribution in [2.24, 2.45) is 50.3 Å². The third-order valence-electron chi connectivity index (χ3n) is 14.0. The summed E-state index contributed by atoms with van der Waals surface area (Å²) in [6.07, 6.45) is 0.328.